The molecule has 4 heteroatoms. The summed E-state index contributed by atoms with van der Waals surface area (Å²) < 4.78 is 5.26. The van der Waals surface area contributed by atoms with Crippen molar-refractivity contribution in [1.29, 1.82) is 0 Å². The van der Waals surface area contributed by atoms with E-state index in [1.165, 1.54) is 0 Å². The lowest BCUT2D eigenvalue weighted by atomic mass is 10.2. The molecule has 0 atom stereocenters. The van der Waals surface area contributed by atoms with Gasteiger partial charge in [0.2, 0.25) is 0 Å². The molecule has 18 heavy (non-hydrogen) atoms. The van der Waals surface area contributed by atoms with Gasteiger partial charge in [0.05, 0.1) is 5.56 Å². The molecule has 0 saturated heterocycles. The highest BCUT2D eigenvalue weighted by Crippen LogP contribution is 2.02. The molecule has 0 aliphatic heterocycles. The summed E-state index contributed by atoms with van der Waals surface area (Å²) in [7, 11) is 0. The van der Waals surface area contributed by atoms with E-state index < -0.39 is 5.97 Å². The van der Waals surface area contributed by atoms with Crippen LogP contribution in [0.5, 0.6) is 0 Å². The molecular weight excluding hydrogens is 228 g/mol. The van der Waals surface area contributed by atoms with E-state index in [4.69, 9.17) is 4.74 Å². The molecule has 0 aromatic heterocycles. The minimum absolute atomic E-state index is 0.0647. The van der Waals surface area contributed by atoms with Gasteiger partial charge in [-0.1, -0.05) is 18.2 Å². The number of esters is 1. The summed E-state index contributed by atoms with van der Waals surface area (Å²) in [5, 5.41) is 3.02. The third kappa shape index (κ3) is 4.99. The lowest BCUT2D eigenvalue weighted by molar-refractivity contribution is 0.0706. The number of nitrogens with zero attached hydrogens (tertiary/aromatic N) is 1. The minimum Gasteiger partial charge on any atom is -0.389 e. The predicted molar refractivity (Wildman–Crippen MR) is 72.7 cm³/mol. The van der Waals surface area contributed by atoms with Gasteiger partial charge in [-0.3, -0.25) is 0 Å². The third-order valence-electron chi connectivity index (χ3n) is 1.99. The number of nitrogens with one attached hydrogen (secondary N) is 1. The first-order valence-corrected chi connectivity index (χ1v) is 6.10. The van der Waals surface area contributed by atoms with E-state index in [1.807, 2.05) is 33.8 Å². The van der Waals surface area contributed by atoms with Crippen molar-refractivity contribution in [3.05, 3.63) is 35.9 Å². The van der Waals surface area contributed by atoms with Crippen LogP contribution in [-0.4, -0.2) is 24.1 Å². The standard InChI is InChI=1S/C14H20N2O2/c1-10(2)15-14(16-11(3)4)18-13(17)12-8-6-5-7-9-12/h5-11H,1-4H3,(H,15,16). The van der Waals surface area contributed by atoms with Gasteiger partial charge in [0.1, 0.15) is 0 Å². The highest BCUT2D eigenvalue weighted by molar-refractivity contribution is 5.97. The first kappa shape index (κ1) is 14.2. The molecule has 1 rings (SSSR count). The first-order valence-electron chi connectivity index (χ1n) is 6.10. The highest BCUT2D eigenvalue weighted by atomic mass is 16.6. The average molecular weight is 248 g/mol. The van der Waals surface area contributed by atoms with Crippen molar-refractivity contribution in [1.82, 2.24) is 5.32 Å². The normalized spacial score (nSPS) is 11.8. The van der Waals surface area contributed by atoms with Crippen LogP contribution in [-0.2, 0) is 4.74 Å². The second kappa shape index (κ2) is 6.79. The van der Waals surface area contributed by atoms with E-state index in [2.05, 4.69) is 10.3 Å². The van der Waals surface area contributed by atoms with Crippen molar-refractivity contribution >= 4 is 12.0 Å². The molecule has 0 spiro atoms. The van der Waals surface area contributed by atoms with E-state index >= 15 is 0 Å². The number of amidine groups is 1. The molecule has 0 unspecified atom stereocenters. The number of ether oxygens (including phenoxy) is 1. The fraction of sp³-hybridized carbons (Fsp3) is 0.429. The fourth-order valence-electron chi connectivity index (χ4n) is 1.30. The number of hydrogen-bond donors (Lipinski definition) is 1. The highest BCUT2D eigenvalue weighted by Gasteiger charge is 2.12. The van der Waals surface area contributed by atoms with Gasteiger partial charge in [0, 0.05) is 12.1 Å². The number of rotatable bonds is 3. The molecule has 0 bridgehead atoms. The Bertz CT molecular complexity index is 411. The number of carbonyl (C=O) groups excluding carboxylic acids is 1. The average Bonchev–Trinajstić information content (AvgIpc) is 2.28. The Morgan fingerprint density at radius 1 is 1.17 bits per heavy atom. The Balaban J connectivity index is 2.75. The number of benzene rings is 1. The number of hydrogen-bond acceptors (Lipinski definition) is 3. The van der Waals surface area contributed by atoms with Gasteiger partial charge < -0.3 is 10.1 Å². The summed E-state index contributed by atoms with van der Waals surface area (Å²) in [4.78, 5) is 16.1. The molecule has 0 aliphatic carbocycles. The molecule has 0 amide bonds. The summed E-state index contributed by atoms with van der Waals surface area (Å²) in [6.07, 6.45) is 0. The predicted octanol–water partition coefficient (Wildman–Crippen LogP) is 2.61. The second-order valence-corrected chi connectivity index (χ2v) is 4.58. The van der Waals surface area contributed by atoms with E-state index in [1.54, 1.807) is 24.3 Å². The summed E-state index contributed by atoms with van der Waals surface area (Å²) in [6.45, 7) is 7.79. The zero-order valence-corrected chi connectivity index (χ0v) is 11.3. The summed E-state index contributed by atoms with van der Waals surface area (Å²) >= 11 is 0. The van der Waals surface area contributed by atoms with E-state index in [-0.39, 0.29) is 18.1 Å². The molecule has 0 saturated carbocycles. The SMILES string of the molecule is CC(C)N=C(NC(C)C)OC(=O)c1ccccc1. The summed E-state index contributed by atoms with van der Waals surface area (Å²) in [5.74, 6) is -0.400. The van der Waals surface area contributed by atoms with Gasteiger partial charge in [-0.25, -0.2) is 9.79 Å². The van der Waals surface area contributed by atoms with Gasteiger partial charge in [-0.2, -0.15) is 0 Å². The van der Waals surface area contributed by atoms with Gasteiger partial charge >= 0.3 is 5.97 Å². The Labute approximate surface area is 108 Å². The summed E-state index contributed by atoms with van der Waals surface area (Å²) in [6, 6.07) is 9.37. The molecule has 1 N–H and O–H groups in total. The van der Waals surface area contributed by atoms with Crippen molar-refractivity contribution in [2.75, 3.05) is 0 Å². The Kier molecular flexibility index (Phi) is 5.36. The fourth-order valence-corrected chi connectivity index (χ4v) is 1.30. The molecule has 0 radical (unpaired) electrons. The molecule has 0 fully saturated rings. The van der Waals surface area contributed by atoms with Gasteiger partial charge in [0.25, 0.3) is 6.02 Å². The monoisotopic (exact) mass is 248 g/mol. The summed E-state index contributed by atoms with van der Waals surface area (Å²) in [5.41, 5.74) is 0.513. The van der Waals surface area contributed by atoms with Crippen LogP contribution in [0.3, 0.4) is 0 Å². The minimum atomic E-state index is -0.400. The van der Waals surface area contributed by atoms with E-state index in [0.717, 1.165) is 0 Å². The number of carbonyl (C=O) groups is 1. The maximum absolute atomic E-state index is 11.9. The zero-order valence-electron chi connectivity index (χ0n) is 11.3. The van der Waals surface area contributed by atoms with Crippen LogP contribution in [0.2, 0.25) is 0 Å². The van der Waals surface area contributed by atoms with Crippen LogP contribution in [0.25, 0.3) is 0 Å². The van der Waals surface area contributed by atoms with E-state index in [0.29, 0.717) is 5.56 Å². The topological polar surface area (TPSA) is 50.7 Å². The molecule has 0 heterocycles. The van der Waals surface area contributed by atoms with Crippen molar-refractivity contribution < 1.29 is 9.53 Å². The lowest BCUT2D eigenvalue weighted by Crippen LogP contribution is -2.34. The Hall–Kier alpha value is -1.84. The van der Waals surface area contributed by atoms with Crippen molar-refractivity contribution in [2.45, 2.75) is 39.8 Å². The van der Waals surface area contributed by atoms with Crippen molar-refractivity contribution in [3.63, 3.8) is 0 Å². The van der Waals surface area contributed by atoms with Crippen molar-refractivity contribution in [3.8, 4) is 0 Å². The van der Waals surface area contributed by atoms with Crippen LogP contribution in [0.1, 0.15) is 38.1 Å². The molecule has 0 aliphatic rings. The largest absolute Gasteiger partial charge is 0.389 e. The van der Waals surface area contributed by atoms with Crippen LogP contribution >= 0.6 is 0 Å². The van der Waals surface area contributed by atoms with Crippen LogP contribution < -0.4 is 5.32 Å². The molecule has 1 aromatic rings. The lowest BCUT2D eigenvalue weighted by Gasteiger charge is -2.13. The smallest absolute Gasteiger partial charge is 0.345 e. The maximum Gasteiger partial charge on any atom is 0.345 e. The van der Waals surface area contributed by atoms with Crippen LogP contribution in [0.4, 0.5) is 0 Å². The maximum atomic E-state index is 11.9. The molecule has 98 valence electrons. The van der Waals surface area contributed by atoms with Gasteiger partial charge in [0.15, 0.2) is 0 Å². The Morgan fingerprint density at radius 3 is 2.28 bits per heavy atom. The second-order valence-electron chi connectivity index (χ2n) is 4.58. The van der Waals surface area contributed by atoms with Gasteiger partial charge in [-0.05, 0) is 39.8 Å². The van der Waals surface area contributed by atoms with Crippen LogP contribution in [0.15, 0.2) is 35.3 Å². The Morgan fingerprint density at radius 2 is 1.78 bits per heavy atom. The first-order chi connectivity index (χ1) is 8.49. The van der Waals surface area contributed by atoms with E-state index in [9.17, 15) is 4.79 Å². The van der Waals surface area contributed by atoms with Gasteiger partial charge in [-0.15, -0.1) is 0 Å². The molecule has 4 nitrogen and oxygen atoms in total. The zero-order chi connectivity index (χ0) is 13.5. The molecule has 1 aromatic carbocycles. The van der Waals surface area contributed by atoms with Crippen LogP contribution in [0, 0.1) is 0 Å². The quantitative estimate of drug-likeness (QED) is 0.508. The number of aliphatic imine (C=N–C) groups is 1. The third-order valence-corrected chi connectivity index (χ3v) is 1.99. The molecular formula is C14H20N2O2. The van der Waals surface area contributed by atoms with Crippen molar-refractivity contribution in [2.24, 2.45) is 4.99 Å².